The highest BCUT2D eigenvalue weighted by molar-refractivity contribution is 5.83. The molecule has 124 valence electrons. The Balaban J connectivity index is 1.86. The Hall–Kier alpha value is -1.40. The van der Waals surface area contributed by atoms with Crippen LogP contribution in [0.4, 0.5) is 0 Å². The lowest BCUT2D eigenvalue weighted by Crippen LogP contribution is -2.47. The molecule has 2 rings (SSSR count). The van der Waals surface area contributed by atoms with Crippen LogP contribution in [0.5, 0.6) is 0 Å². The van der Waals surface area contributed by atoms with Crippen LogP contribution >= 0.6 is 0 Å². The lowest BCUT2D eigenvalue weighted by atomic mass is 10.00. The Kier molecular flexibility index (Phi) is 5.97. The standard InChI is InChI=1S/C16H29N5O/c1-12-6-5-7-21(9-12)10-13(2)19-16(22)15(17-3)14-8-18-20(4)11-14/h8,11-13,15,17H,5-7,9-10H2,1-4H3,(H,19,22). The van der Waals surface area contributed by atoms with Crippen molar-refractivity contribution in [3.05, 3.63) is 18.0 Å². The van der Waals surface area contributed by atoms with Crippen LogP contribution in [0, 0.1) is 5.92 Å². The number of carbonyl (C=O) groups excluding carboxylic acids is 1. The van der Waals surface area contributed by atoms with Gasteiger partial charge in [0, 0.05) is 37.9 Å². The van der Waals surface area contributed by atoms with Gasteiger partial charge in [0.05, 0.1) is 6.20 Å². The molecule has 2 N–H and O–H groups in total. The second-order valence-electron chi connectivity index (χ2n) is 6.59. The first kappa shape index (κ1) is 17.0. The molecule has 1 fully saturated rings. The minimum absolute atomic E-state index is 0.00746. The molecule has 0 aromatic carbocycles. The molecular formula is C16H29N5O. The zero-order chi connectivity index (χ0) is 16.1. The van der Waals surface area contributed by atoms with Crippen molar-refractivity contribution >= 4 is 5.91 Å². The number of aryl methyl sites for hydroxylation is 1. The average molecular weight is 307 g/mol. The van der Waals surface area contributed by atoms with Gasteiger partial charge in [0.15, 0.2) is 0 Å². The molecule has 3 atom stereocenters. The van der Waals surface area contributed by atoms with Gasteiger partial charge in [-0.1, -0.05) is 6.92 Å². The summed E-state index contributed by atoms with van der Waals surface area (Å²) in [6, 6.07) is -0.207. The van der Waals surface area contributed by atoms with Gasteiger partial charge in [-0.15, -0.1) is 0 Å². The molecule has 0 saturated carbocycles. The van der Waals surface area contributed by atoms with Crippen molar-refractivity contribution in [3.8, 4) is 0 Å². The fourth-order valence-corrected chi connectivity index (χ4v) is 3.25. The minimum atomic E-state index is -0.351. The lowest BCUT2D eigenvalue weighted by Gasteiger charge is -2.33. The Morgan fingerprint density at radius 1 is 1.55 bits per heavy atom. The molecule has 1 aromatic rings. The first-order valence-corrected chi connectivity index (χ1v) is 8.18. The second-order valence-corrected chi connectivity index (χ2v) is 6.59. The molecule has 1 aromatic heterocycles. The minimum Gasteiger partial charge on any atom is -0.351 e. The molecule has 6 nitrogen and oxygen atoms in total. The summed E-state index contributed by atoms with van der Waals surface area (Å²) in [4.78, 5) is 14.9. The van der Waals surface area contributed by atoms with Crippen molar-refractivity contribution < 1.29 is 4.79 Å². The molecule has 1 aliphatic rings. The van der Waals surface area contributed by atoms with Crippen LogP contribution in [-0.4, -0.2) is 53.3 Å². The summed E-state index contributed by atoms with van der Waals surface area (Å²) in [5.41, 5.74) is 0.890. The largest absolute Gasteiger partial charge is 0.351 e. The first-order chi connectivity index (χ1) is 10.5. The van der Waals surface area contributed by atoms with E-state index in [2.05, 4.69) is 34.5 Å². The van der Waals surface area contributed by atoms with E-state index in [1.807, 2.05) is 13.2 Å². The number of amides is 1. The molecule has 0 aliphatic carbocycles. The smallest absolute Gasteiger partial charge is 0.242 e. The van der Waals surface area contributed by atoms with Crippen molar-refractivity contribution in [3.63, 3.8) is 0 Å². The van der Waals surface area contributed by atoms with Crippen molar-refractivity contribution in [2.75, 3.05) is 26.7 Å². The fourth-order valence-electron chi connectivity index (χ4n) is 3.25. The number of nitrogens with one attached hydrogen (secondary N) is 2. The highest BCUT2D eigenvalue weighted by Crippen LogP contribution is 2.16. The van der Waals surface area contributed by atoms with Crippen LogP contribution in [0.3, 0.4) is 0 Å². The van der Waals surface area contributed by atoms with Crippen molar-refractivity contribution in [1.29, 1.82) is 0 Å². The Morgan fingerprint density at radius 2 is 2.32 bits per heavy atom. The molecule has 1 saturated heterocycles. The lowest BCUT2D eigenvalue weighted by molar-refractivity contribution is -0.123. The van der Waals surface area contributed by atoms with Gasteiger partial charge in [0.1, 0.15) is 6.04 Å². The van der Waals surface area contributed by atoms with E-state index in [0.717, 1.165) is 31.1 Å². The van der Waals surface area contributed by atoms with E-state index in [9.17, 15) is 4.79 Å². The second kappa shape index (κ2) is 7.74. The number of piperidine rings is 1. The highest BCUT2D eigenvalue weighted by atomic mass is 16.2. The fraction of sp³-hybridized carbons (Fsp3) is 0.750. The monoisotopic (exact) mass is 307 g/mol. The van der Waals surface area contributed by atoms with Gasteiger partial charge in [-0.25, -0.2) is 0 Å². The van der Waals surface area contributed by atoms with Gasteiger partial charge in [-0.3, -0.25) is 9.48 Å². The predicted octanol–water partition coefficient (Wildman–Crippen LogP) is 0.917. The van der Waals surface area contributed by atoms with Crippen LogP contribution in [-0.2, 0) is 11.8 Å². The number of hydrogen-bond donors (Lipinski definition) is 2. The van der Waals surface area contributed by atoms with Crippen molar-refractivity contribution in [2.24, 2.45) is 13.0 Å². The van der Waals surface area contributed by atoms with Gasteiger partial charge >= 0.3 is 0 Å². The predicted molar refractivity (Wildman–Crippen MR) is 87.5 cm³/mol. The van der Waals surface area contributed by atoms with Crippen LogP contribution < -0.4 is 10.6 Å². The third-order valence-corrected chi connectivity index (χ3v) is 4.27. The van der Waals surface area contributed by atoms with E-state index >= 15 is 0 Å². The maximum Gasteiger partial charge on any atom is 0.242 e. The number of likely N-dealkylation sites (N-methyl/N-ethyl adjacent to an activating group) is 1. The van der Waals surface area contributed by atoms with Crippen molar-refractivity contribution in [2.45, 2.75) is 38.8 Å². The van der Waals surface area contributed by atoms with E-state index in [1.54, 1.807) is 17.9 Å². The van der Waals surface area contributed by atoms with E-state index in [4.69, 9.17) is 0 Å². The Bertz CT molecular complexity index is 487. The summed E-state index contributed by atoms with van der Waals surface area (Å²) in [6.07, 6.45) is 6.19. The summed E-state index contributed by atoms with van der Waals surface area (Å²) < 4.78 is 1.71. The molecule has 0 spiro atoms. The Morgan fingerprint density at radius 3 is 2.91 bits per heavy atom. The zero-order valence-corrected chi connectivity index (χ0v) is 14.2. The molecule has 1 aliphatic heterocycles. The van der Waals surface area contributed by atoms with Crippen LogP contribution in [0.2, 0.25) is 0 Å². The number of hydrogen-bond acceptors (Lipinski definition) is 4. The third kappa shape index (κ3) is 4.55. The quantitative estimate of drug-likeness (QED) is 0.820. The molecule has 22 heavy (non-hydrogen) atoms. The third-order valence-electron chi connectivity index (χ3n) is 4.27. The summed E-state index contributed by atoms with van der Waals surface area (Å²) in [7, 11) is 3.66. The molecule has 0 bridgehead atoms. The van der Waals surface area contributed by atoms with E-state index < -0.39 is 0 Å². The van der Waals surface area contributed by atoms with E-state index in [1.165, 1.54) is 12.8 Å². The highest BCUT2D eigenvalue weighted by Gasteiger charge is 2.23. The van der Waals surface area contributed by atoms with Gasteiger partial charge in [0.25, 0.3) is 0 Å². The molecule has 1 amide bonds. The van der Waals surface area contributed by atoms with Crippen LogP contribution in [0.1, 0.15) is 38.3 Å². The van der Waals surface area contributed by atoms with Gasteiger partial charge in [0.2, 0.25) is 5.91 Å². The molecule has 3 unspecified atom stereocenters. The molecule has 2 heterocycles. The van der Waals surface area contributed by atoms with Gasteiger partial charge in [-0.05, 0) is 39.3 Å². The van der Waals surface area contributed by atoms with E-state index in [0.29, 0.717) is 0 Å². The van der Waals surface area contributed by atoms with Gasteiger partial charge in [-0.2, -0.15) is 5.10 Å². The first-order valence-electron chi connectivity index (χ1n) is 8.18. The summed E-state index contributed by atoms with van der Waals surface area (Å²) in [6.45, 7) is 7.57. The topological polar surface area (TPSA) is 62.2 Å². The van der Waals surface area contributed by atoms with Crippen LogP contribution in [0.25, 0.3) is 0 Å². The number of likely N-dealkylation sites (tertiary alicyclic amines) is 1. The normalized spacial score (nSPS) is 22.3. The molecule has 6 heteroatoms. The number of nitrogens with zero attached hydrogens (tertiary/aromatic N) is 3. The van der Waals surface area contributed by atoms with Crippen molar-refractivity contribution in [1.82, 2.24) is 25.3 Å². The average Bonchev–Trinajstić information content (AvgIpc) is 2.85. The summed E-state index contributed by atoms with van der Waals surface area (Å²) in [5, 5.41) is 10.3. The summed E-state index contributed by atoms with van der Waals surface area (Å²) >= 11 is 0. The number of carbonyl (C=O) groups is 1. The number of rotatable bonds is 6. The zero-order valence-electron chi connectivity index (χ0n) is 14.2. The Labute approximate surface area is 133 Å². The maximum atomic E-state index is 12.5. The number of aromatic nitrogens is 2. The van der Waals surface area contributed by atoms with Crippen LogP contribution in [0.15, 0.2) is 12.4 Å². The maximum absolute atomic E-state index is 12.5. The summed E-state index contributed by atoms with van der Waals surface area (Å²) in [5.74, 6) is 0.769. The molecular weight excluding hydrogens is 278 g/mol. The molecule has 0 radical (unpaired) electrons. The SMILES string of the molecule is CNC(C(=O)NC(C)CN1CCCC(C)C1)c1cnn(C)c1. The van der Waals surface area contributed by atoms with E-state index in [-0.39, 0.29) is 18.0 Å². The van der Waals surface area contributed by atoms with Gasteiger partial charge < -0.3 is 15.5 Å².